The molecule has 136 valence electrons. The summed E-state index contributed by atoms with van der Waals surface area (Å²) in [5.41, 5.74) is 2.44. The number of hydrogen-bond donors (Lipinski definition) is 0. The summed E-state index contributed by atoms with van der Waals surface area (Å²) in [5, 5.41) is 4.82. The summed E-state index contributed by atoms with van der Waals surface area (Å²) in [7, 11) is 0. The van der Waals surface area contributed by atoms with Crippen molar-refractivity contribution in [3.63, 3.8) is 0 Å². The molecule has 0 saturated heterocycles. The van der Waals surface area contributed by atoms with Gasteiger partial charge in [0.15, 0.2) is 5.82 Å². The van der Waals surface area contributed by atoms with Gasteiger partial charge in [0.1, 0.15) is 5.82 Å². The second kappa shape index (κ2) is 8.95. The predicted octanol–water partition coefficient (Wildman–Crippen LogP) is 4.92. The van der Waals surface area contributed by atoms with Gasteiger partial charge < -0.3 is 4.74 Å². The summed E-state index contributed by atoms with van der Waals surface area (Å²) in [4.78, 5) is 4.83. The Morgan fingerprint density at radius 2 is 2.12 bits per heavy atom. The van der Waals surface area contributed by atoms with Crippen LogP contribution in [0.5, 0.6) is 0 Å². The summed E-state index contributed by atoms with van der Waals surface area (Å²) in [5.74, 6) is 2.98. The molecule has 1 saturated carbocycles. The van der Waals surface area contributed by atoms with E-state index in [4.69, 9.17) is 14.8 Å². The van der Waals surface area contributed by atoms with Gasteiger partial charge in [-0.3, -0.25) is 0 Å². The Hall–Kier alpha value is -1.20. The highest BCUT2D eigenvalue weighted by atomic mass is 79.9. The highest BCUT2D eigenvalue weighted by molar-refractivity contribution is 9.10. The van der Waals surface area contributed by atoms with Gasteiger partial charge in [-0.05, 0) is 49.3 Å². The number of rotatable bonds is 10. The van der Waals surface area contributed by atoms with Gasteiger partial charge in [-0.2, -0.15) is 5.10 Å². The van der Waals surface area contributed by atoms with E-state index in [2.05, 4.69) is 45.7 Å². The quantitative estimate of drug-likeness (QED) is 0.562. The van der Waals surface area contributed by atoms with Crippen molar-refractivity contribution in [1.82, 2.24) is 14.8 Å². The maximum atomic E-state index is 5.57. The topological polar surface area (TPSA) is 39.9 Å². The Morgan fingerprint density at radius 3 is 2.84 bits per heavy atom. The van der Waals surface area contributed by atoms with Gasteiger partial charge in [-0.15, -0.1) is 0 Å². The Kier molecular flexibility index (Phi) is 6.65. The zero-order chi connectivity index (χ0) is 17.6. The molecule has 5 heteroatoms. The van der Waals surface area contributed by atoms with E-state index in [-0.39, 0.29) is 0 Å². The third kappa shape index (κ3) is 5.38. The van der Waals surface area contributed by atoms with Gasteiger partial charge in [0.2, 0.25) is 0 Å². The molecule has 0 radical (unpaired) electrons. The molecule has 1 aromatic carbocycles. The maximum absolute atomic E-state index is 5.57. The van der Waals surface area contributed by atoms with E-state index in [1.807, 2.05) is 6.92 Å². The van der Waals surface area contributed by atoms with Crippen molar-refractivity contribution in [3.8, 4) is 0 Å². The zero-order valence-electron chi connectivity index (χ0n) is 15.3. The molecule has 0 bridgehead atoms. The van der Waals surface area contributed by atoms with Crippen molar-refractivity contribution in [2.75, 3.05) is 6.61 Å². The zero-order valence-corrected chi connectivity index (χ0v) is 16.9. The van der Waals surface area contributed by atoms with Gasteiger partial charge in [0.25, 0.3) is 0 Å². The monoisotopic (exact) mass is 405 g/mol. The molecule has 0 atom stereocenters. The number of benzene rings is 1. The molecule has 1 aromatic heterocycles. The lowest BCUT2D eigenvalue weighted by atomic mass is 10.1. The van der Waals surface area contributed by atoms with Crippen molar-refractivity contribution >= 4 is 15.9 Å². The largest absolute Gasteiger partial charge is 0.377 e. The van der Waals surface area contributed by atoms with Crippen molar-refractivity contribution < 1.29 is 4.74 Å². The second-order valence-electron chi connectivity index (χ2n) is 6.92. The molecular formula is C20H28BrN3O. The van der Waals surface area contributed by atoms with E-state index < -0.39 is 0 Å². The Labute approximate surface area is 159 Å². The van der Waals surface area contributed by atoms with Crippen molar-refractivity contribution in [3.05, 3.63) is 45.4 Å². The molecule has 3 rings (SSSR count). The number of hydrogen-bond acceptors (Lipinski definition) is 3. The lowest BCUT2D eigenvalue weighted by Crippen LogP contribution is -2.08. The summed E-state index contributed by atoms with van der Waals surface area (Å²) >= 11 is 3.62. The third-order valence-electron chi connectivity index (χ3n) is 4.62. The standard InChI is InChI=1S/C20H28BrN3O/c1-3-5-6-20-22-19(12-15-7-8-15)23-24(20)13-16-9-10-18(21)17(11-16)14-25-4-2/h9-11,15H,3-8,12-14H2,1-2H3. The lowest BCUT2D eigenvalue weighted by molar-refractivity contribution is 0.133. The van der Waals surface area contributed by atoms with E-state index >= 15 is 0 Å². The van der Waals surface area contributed by atoms with Crippen LogP contribution < -0.4 is 0 Å². The first kappa shape index (κ1) is 18.6. The molecule has 0 amide bonds. The molecule has 25 heavy (non-hydrogen) atoms. The number of ether oxygens (including phenoxy) is 1. The van der Waals surface area contributed by atoms with Crippen molar-refractivity contribution in [1.29, 1.82) is 0 Å². The summed E-state index contributed by atoms with van der Waals surface area (Å²) < 4.78 is 8.79. The Morgan fingerprint density at radius 1 is 1.28 bits per heavy atom. The summed E-state index contributed by atoms with van der Waals surface area (Å²) in [6.45, 7) is 6.39. The number of nitrogens with zero attached hydrogens (tertiary/aromatic N) is 3. The highest BCUT2D eigenvalue weighted by Gasteiger charge is 2.24. The normalized spacial score (nSPS) is 14.2. The SMILES string of the molecule is CCCCc1nc(CC2CC2)nn1Cc1ccc(Br)c(COCC)c1. The van der Waals surface area contributed by atoms with Crippen LogP contribution in [0.15, 0.2) is 22.7 Å². The lowest BCUT2D eigenvalue weighted by Gasteiger charge is -2.10. The van der Waals surface area contributed by atoms with Gasteiger partial charge in [0, 0.05) is 23.9 Å². The summed E-state index contributed by atoms with van der Waals surface area (Å²) in [6.07, 6.45) is 7.08. The van der Waals surface area contributed by atoms with Gasteiger partial charge in [-0.25, -0.2) is 9.67 Å². The van der Waals surface area contributed by atoms with Crippen LogP contribution in [0, 0.1) is 5.92 Å². The molecule has 1 aliphatic carbocycles. The average Bonchev–Trinajstić information content (AvgIpc) is 3.34. The minimum absolute atomic E-state index is 0.637. The highest BCUT2D eigenvalue weighted by Crippen LogP contribution is 2.31. The number of unbranched alkanes of at least 4 members (excludes halogenated alkanes) is 1. The van der Waals surface area contributed by atoms with Crippen LogP contribution in [0.3, 0.4) is 0 Å². The van der Waals surface area contributed by atoms with Crippen molar-refractivity contribution in [2.45, 2.75) is 65.5 Å². The Balaban J connectivity index is 1.76. The first-order valence-electron chi connectivity index (χ1n) is 9.47. The number of aromatic nitrogens is 3. The molecule has 1 aliphatic rings. The molecule has 0 aliphatic heterocycles. The van der Waals surface area contributed by atoms with E-state index in [9.17, 15) is 0 Å². The van der Waals surface area contributed by atoms with Crippen LogP contribution in [0.1, 0.15) is 62.3 Å². The minimum atomic E-state index is 0.637. The first-order valence-corrected chi connectivity index (χ1v) is 10.3. The fraction of sp³-hybridized carbons (Fsp3) is 0.600. The third-order valence-corrected chi connectivity index (χ3v) is 5.39. The maximum Gasteiger partial charge on any atom is 0.151 e. The van der Waals surface area contributed by atoms with Gasteiger partial charge >= 0.3 is 0 Å². The van der Waals surface area contributed by atoms with E-state index in [0.29, 0.717) is 6.61 Å². The smallest absolute Gasteiger partial charge is 0.151 e. The van der Waals surface area contributed by atoms with Gasteiger partial charge in [-0.1, -0.05) is 41.4 Å². The molecule has 2 aromatic rings. The van der Waals surface area contributed by atoms with E-state index in [1.165, 1.54) is 30.4 Å². The van der Waals surface area contributed by atoms with Crippen LogP contribution >= 0.6 is 15.9 Å². The van der Waals surface area contributed by atoms with Crippen LogP contribution in [0.4, 0.5) is 0 Å². The average molecular weight is 406 g/mol. The minimum Gasteiger partial charge on any atom is -0.377 e. The molecule has 1 heterocycles. The predicted molar refractivity (Wildman–Crippen MR) is 104 cm³/mol. The Bertz CT molecular complexity index is 694. The van der Waals surface area contributed by atoms with Crippen LogP contribution in [-0.2, 0) is 30.7 Å². The molecule has 0 spiro atoms. The molecule has 4 nitrogen and oxygen atoms in total. The van der Waals surface area contributed by atoms with E-state index in [1.54, 1.807) is 0 Å². The van der Waals surface area contributed by atoms with E-state index in [0.717, 1.165) is 54.5 Å². The van der Waals surface area contributed by atoms with Gasteiger partial charge in [0.05, 0.1) is 13.2 Å². The molecule has 0 unspecified atom stereocenters. The fourth-order valence-electron chi connectivity index (χ4n) is 2.96. The van der Waals surface area contributed by atoms with Crippen molar-refractivity contribution in [2.24, 2.45) is 5.92 Å². The number of aryl methyl sites for hydroxylation is 1. The molecular weight excluding hydrogens is 378 g/mol. The van der Waals surface area contributed by atoms with Crippen LogP contribution in [0.25, 0.3) is 0 Å². The molecule has 1 fully saturated rings. The fourth-order valence-corrected chi connectivity index (χ4v) is 3.32. The second-order valence-corrected chi connectivity index (χ2v) is 7.77. The first-order chi connectivity index (χ1) is 12.2. The van der Waals surface area contributed by atoms with Crippen LogP contribution in [-0.4, -0.2) is 21.4 Å². The van der Waals surface area contributed by atoms with Crippen LogP contribution in [0.2, 0.25) is 0 Å². The number of halogens is 1. The molecule has 0 N–H and O–H groups in total. The summed E-state index contributed by atoms with van der Waals surface area (Å²) in [6, 6.07) is 6.48.